The molecule has 1 aliphatic rings. The fourth-order valence-corrected chi connectivity index (χ4v) is 2.50. The van der Waals surface area contributed by atoms with Gasteiger partial charge in [0.05, 0.1) is 17.9 Å². The number of hydrogen-bond acceptors (Lipinski definition) is 2. The minimum Gasteiger partial charge on any atom is -0.324 e. The topological polar surface area (TPSA) is 49.4 Å². The van der Waals surface area contributed by atoms with Crippen molar-refractivity contribution in [3.63, 3.8) is 0 Å². The molecular weight excluding hydrogens is 288 g/mol. The minimum atomic E-state index is -0.306. The highest BCUT2D eigenvalue weighted by atomic mass is 35.5. The van der Waals surface area contributed by atoms with Crippen molar-refractivity contribution < 1.29 is 9.59 Å². The lowest BCUT2D eigenvalue weighted by Crippen LogP contribution is -2.30. The Balaban J connectivity index is 2.03. The smallest absolute Gasteiger partial charge is 0.236 e. The molecule has 0 fully saturated rings. The van der Waals surface area contributed by atoms with Crippen molar-refractivity contribution in [2.24, 2.45) is 0 Å². The van der Waals surface area contributed by atoms with Crippen LogP contribution in [0, 0.1) is 0 Å². The third kappa shape index (κ3) is 2.90. The molecule has 2 aromatic rings. The number of rotatable bonds is 2. The van der Waals surface area contributed by atoms with Gasteiger partial charge in [-0.15, -0.1) is 0 Å². The summed E-state index contributed by atoms with van der Waals surface area (Å²) in [6.07, 6.45) is -0.168. The van der Waals surface area contributed by atoms with E-state index in [0.717, 1.165) is 5.56 Å². The monoisotopic (exact) mass is 300 g/mol. The zero-order valence-corrected chi connectivity index (χ0v) is 11.9. The van der Waals surface area contributed by atoms with E-state index in [-0.39, 0.29) is 18.2 Å². The maximum Gasteiger partial charge on any atom is 0.236 e. The van der Waals surface area contributed by atoms with Crippen LogP contribution in [0.5, 0.6) is 0 Å². The van der Waals surface area contributed by atoms with E-state index >= 15 is 0 Å². The number of carbonyl (C=O) groups excluding carboxylic acids is 2. The Morgan fingerprint density at radius 2 is 1.86 bits per heavy atom. The largest absolute Gasteiger partial charge is 0.324 e. The Kier molecular flexibility index (Phi) is 3.62. The maximum absolute atomic E-state index is 12.3. The Morgan fingerprint density at radius 3 is 2.62 bits per heavy atom. The van der Waals surface area contributed by atoms with Crippen LogP contribution < -0.4 is 10.2 Å². The average Bonchev–Trinajstić information content (AvgIpc) is 2.58. The van der Waals surface area contributed by atoms with Crippen LogP contribution in [0.4, 0.5) is 11.4 Å². The number of anilines is 2. The molecule has 0 radical (unpaired) electrons. The van der Waals surface area contributed by atoms with Crippen LogP contribution in [0.1, 0.15) is 12.0 Å². The van der Waals surface area contributed by atoms with Gasteiger partial charge in [0.1, 0.15) is 6.42 Å². The van der Waals surface area contributed by atoms with Crippen molar-refractivity contribution in [2.75, 3.05) is 10.2 Å². The molecule has 0 unspecified atom stereocenters. The highest BCUT2D eigenvalue weighted by Crippen LogP contribution is 2.33. The predicted octanol–water partition coefficient (Wildman–Crippen LogP) is 3.22. The van der Waals surface area contributed by atoms with Gasteiger partial charge in [-0.1, -0.05) is 41.9 Å². The van der Waals surface area contributed by atoms with Gasteiger partial charge in [-0.3, -0.25) is 9.59 Å². The number of halogens is 1. The number of hydrogen-bond donors (Lipinski definition) is 1. The molecule has 1 N–H and O–H groups in total. The van der Waals surface area contributed by atoms with Gasteiger partial charge in [-0.05, 0) is 23.8 Å². The van der Waals surface area contributed by atoms with Crippen molar-refractivity contribution >= 4 is 34.8 Å². The zero-order valence-electron chi connectivity index (χ0n) is 11.2. The SMILES string of the molecule is O=C1CC(=O)N(Cc2ccccc2)c2cc(Cl)ccc2N1. The lowest BCUT2D eigenvalue weighted by atomic mass is 10.2. The number of nitrogens with one attached hydrogen (secondary N) is 1. The van der Waals surface area contributed by atoms with Crippen molar-refractivity contribution in [1.82, 2.24) is 0 Å². The molecule has 1 heterocycles. The van der Waals surface area contributed by atoms with E-state index in [1.54, 1.807) is 23.1 Å². The quantitative estimate of drug-likeness (QED) is 0.866. The molecule has 0 aliphatic carbocycles. The Morgan fingerprint density at radius 1 is 1.10 bits per heavy atom. The molecule has 2 amide bonds. The van der Waals surface area contributed by atoms with Gasteiger partial charge in [0.25, 0.3) is 0 Å². The minimum absolute atomic E-state index is 0.168. The van der Waals surface area contributed by atoms with E-state index in [2.05, 4.69) is 5.32 Å². The summed E-state index contributed by atoms with van der Waals surface area (Å²) in [4.78, 5) is 25.7. The lowest BCUT2D eigenvalue weighted by molar-refractivity contribution is -0.125. The molecule has 0 bridgehead atoms. The first-order valence-corrected chi connectivity index (χ1v) is 6.95. The van der Waals surface area contributed by atoms with Gasteiger partial charge in [0.2, 0.25) is 11.8 Å². The van der Waals surface area contributed by atoms with E-state index in [9.17, 15) is 9.59 Å². The van der Waals surface area contributed by atoms with Crippen LogP contribution in [0.3, 0.4) is 0 Å². The highest BCUT2D eigenvalue weighted by Gasteiger charge is 2.26. The van der Waals surface area contributed by atoms with Crippen LogP contribution in [0.25, 0.3) is 0 Å². The second-order valence-corrected chi connectivity index (χ2v) is 5.29. The molecule has 0 atom stereocenters. The standard InChI is InChI=1S/C16H13ClN2O2/c17-12-6-7-13-14(8-12)19(16(21)9-15(20)18-13)10-11-4-2-1-3-5-11/h1-8H,9-10H2,(H,18,20). The van der Waals surface area contributed by atoms with Gasteiger partial charge >= 0.3 is 0 Å². The van der Waals surface area contributed by atoms with Crippen LogP contribution in [0.2, 0.25) is 5.02 Å². The second kappa shape index (κ2) is 5.58. The van der Waals surface area contributed by atoms with E-state index in [0.29, 0.717) is 22.9 Å². The lowest BCUT2D eigenvalue weighted by Gasteiger charge is -2.22. The number of amides is 2. The predicted molar refractivity (Wildman–Crippen MR) is 82.3 cm³/mol. The molecular formula is C16H13ClN2O2. The third-order valence-corrected chi connectivity index (χ3v) is 3.56. The molecule has 0 spiro atoms. The maximum atomic E-state index is 12.3. The number of nitrogens with zero attached hydrogens (tertiary/aromatic N) is 1. The Hall–Kier alpha value is -2.33. The molecule has 5 heteroatoms. The molecule has 1 aliphatic heterocycles. The number of benzene rings is 2. The van der Waals surface area contributed by atoms with Crippen LogP contribution in [-0.2, 0) is 16.1 Å². The summed E-state index contributed by atoms with van der Waals surface area (Å²) >= 11 is 6.03. The van der Waals surface area contributed by atoms with Crippen molar-refractivity contribution in [2.45, 2.75) is 13.0 Å². The Bertz CT molecular complexity index is 701. The van der Waals surface area contributed by atoms with Crippen LogP contribution in [0.15, 0.2) is 48.5 Å². The second-order valence-electron chi connectivity index (χ2n) is 4.85. The summed E-state index contributed by atoms with van der Waals surface area (Å²) in [5.74, 6) is -0.545. The molecule has 21 heavy (non-hydrogen) atoms. The molecule has 4 nitrogen and oxygen atoms in total. The molecule has 3 rings (SSSR count). The summed E-state index contributed by atoms with van der Waals surface area (Å²) in [6.45, 7) is 0.405. The fourth-order valence-electron chi connectivity index (χ4n) is 2.33. The molecule has 106 valence electrons. The highest BCUT2D eigenvalue weighted by molar-refractivity contribution is 6.31. The number of fused-ring (bicyclic) bond motifs is 1. The average molecular weight is 301 g/mol. The van der Waals surface area contributed by atoms with Gasteiger partial charge in [0.15, 0.2) is 0 Å². The van der Waals surface area contributed by atoms with Crippen molar-refractivity contribution in [3.05, 3.63) is 59.1 Å². The van der Waals surface area contributed by atoms with Crippen molar-refractivity contribution in [1.29, 1.82) is 0 Å². The first-order valence-electron chi connectivity index (χ1n) is 6.57. The summed E-state index contributed by atoms with van der Waals surface area (Å²) in [7, 11) is 0. The van der Waals surface area contributed by atoms with E-state index in [1.165, 1.54) is 0 Å². The summed E-state index contributed by atoms with van der Waals surface area (Å²) in [5.41, 5.74) is 2.22. The Labute approximate surface area is 127 Å². The first kappa shape index (κ1) is 13.6. The summed E-state index contributed by atoms with van der Waals surface area (Å²) in [5, 5.41) is 3.26. The van der Waals surface area contributed by atoms with Gasteiger partial charge in [-0.2, -0.15) is 0 Å². The molecule has 2 aromatic carbocycles. The van der Waals surface area contributed by atoms with Gasteiger partial charge in [0, 0.05) is 5.02 Å². The first-order chi connectivity index (χ1) is 10.1. The molecule has 0 saturated carbocycles. The summed E-state index contributed by atoms with van der Waals surface area (Å²) in [6, 6.07) is 14.7. The van der Waals surface area contributed by atoms with E-state index < -0.39 is 0 Å². The third-order valence-electron chi connectivity index (χ3n) is 3.32. The fraction of sp³-hybridized carbons (Fsp3) is 0.125. The molecule has 0 aromatic heterocycles. The van der Waals surface area contributed by atoms with E-state index in [4.69, 9.17) is 11.6 Å². The van der Waals surface area contributed by atoms with Gasteiger partial charge in [-0.25, -0.2) is 0 Å². The van der Waals surface area contributed by atoms with E-state index in [1.807, 2.05) is 30.3 Å². The molecule has 0 saturated heterocycles. The van der Waals surface area contributed by atoms with Crippen LogP contribution >= 0.6 is 11.6 Å². The number of carbonyl (C=O) groups is 2. The normalized spacial score (nSPS) is 14.4. The summed E-state index contributed by atoms with van der Waals surface area (Å²) < 4.78 is 0. The van der Waals surface area contributed by atoms with Gasteiger partial charge < -0.3 is 10.2 Å². The zero-order chi connectivity index (χ0) is 14.8. The van der Waals surface area contributed by atoms with Crippen LogP contribution in [-0.4, -0.2) is 11.8 Å². The van der Waals surface area contributed by atoms with Crippen molar-refractivity contribution in [3.8, 4) is 0 Å².